The van der Waals surface area contributed by atoms with Crippen LogP contribution in [0.2, 0.25) is 0 Å². The standard InChI is InChI=1S/C21H33N3O4/c1-17(26)24-12-11-22(13-18(14-24)15-25)16-21(27)7-9-23(10-8-21)19-3-5-20(28-2)6-4-19/h3-6,18,25,27H,7-16H2,1-2H3/t18-/m1/s1. The third-order valence-electron chi connectivity index (χ3n) is 6.03. The molecule has 1 aromatic rings. The number of piperidine rings is 1. The van der Waals surface area contributed by atoms with Gasteiger partial charge in [0.1, 0.15) is 5.75 Å². The number of benzene rings is 1. The van der Waals surface area contributed by atoms with Gasteiger partial charge in [0.25, 0.3) is 0 Å². The largest absolute Gasteiger partial charge is 0.497 e. The van der Waals surface area contributed by atoms with Crippen LogP contribution >= 0.6 is 0 Å². The Bertz CT molecular complexity index is 644. The Balaban J connectivity index is 1.56. The summed E-state index contributed by atoms with van der Waals surface area (Å²) in [4.78, 5) is 18.1. The van der Waals surface area contributed by atoms with Gasteiger partial charge in [0.2, 0.25) is 5.91 Å². The average Bonchev–Trinajstić information content (AvgIpc) is 2.91. The fourth-order valence-corrected chi connectivity index (χ4v) is 4.27. The molecule has 2 heterocycles. The minimum Gasteiger partial charge on any atom is -0.497 e. The van der Waals surface area contributed by atoms with E-state index in [1.54, 1.807) is 18.9 Å². The lowest BCUT2D eigenvalue weighted by molar-refractivity contribution is -0.129. The highest BCUT2D eigenvalue weighted by Crippen LogP contribution is 2.29. The Labute approximate surface area is 167 Å². The number of hydrogen-bond acceptors (Lipinski definition) is 6. The average molecular weight is 392 g/mol. The first-order valence-electron chi connectivity index (χ1n) is 10.1. The minimum absolute atomic E-state index is 0.0365. The van der Waals surface area contributed by atoms with Crippen molar-refractivity contribution in [3.63, 3.8) is 0 Å². The number of aliphatic hydroxyl groups is 2. The van der Waals surface area contributed by atoms with Crippen LogP contribution in [0.3, 0.4) is 0 Å². The van der Waals surface area contributed by atoms with Gasteiger partial charge in [-0.15, -0.1) is 0 Å². The van der Waals surface area contributed by atoms with Gasteiger partial charge in [0.05, 0.1) is 12.7 Å². The zero-order valence-corrected chi connectivity index (χ0v) is 17.0. The molecule has 0 bridgehead atoms. The van der Waals surface area contributed by atoms with Crippen LogP contribution in [0, 0.1) is 5.92 Å². The monoisotopic (exact) mass is 391 g/mol. The molecule has 0 aromatic heterocycles. The summed E-state index contributed by atoms with van der Waals surface area (Å²) >= 11 is 0. The number of aliphatic hydroxyl groups excluding tert-OH is 1. The van der Waals surface area contributed by atoms with Crippen LogP contribution in [0.1, 0.15) is 19.8 Å². The Hall–Kier alpha value is -1.83. The Morgan fingerprint density at radius 1 is 1.14 bits per heavy atom. The number of amides is 1. The van der Waals surface area contributed by atoms with Crippen molar-refractivity contribution in [3.05, 3.63) is 24.3 Å². The highest BCUT2D eigenvalue weighted by molar-refractivity contribution is 5.73. The van der Waals surface area contributed by atoms with Crippen LogP contribution in [-0.4, -0.2) is 91.1 Å². The Kier molecular flexibility index (Phi) is 6.80. The van der Waals surface area contributed by atoms with E-state index in [1.807, 2.05) is 12.1 Å². The maximum atomic E-state index is 11.7. The van der Waals surface area contributed by atoms with Crippen molar-refractivity contribution in [1.29, 1.82) is 0 Å². The first-order valence-corrected chi connectivity index (χ1v) is 10.1. The second kappa shape index (κ2) is 9.11. The van der Waals surface area contributed by atoms with Gasteiger partial charge in [-0.05, 0) is 37.1 Å². The molecule has 2 aliphatic rings. The van der Waals surface area contributed by atoms with Crippen molar-refractivity contribution in [1.82, 2.24) is 9.80 Å². The molecule has 0 saturated carbocycles. The topological polar surface area (TPSA) is 76.5 Å². The molecule has 7 nitrogen and oxygen atoms in total. The van der Waals surface area contributed by atoms with Gasteiger partial charge < -0.3 is 24.7 Å². The molecule has 156 valence electrons. The molecular formula is C21H33N3O4. The first-order chi connectivity index (χ1) is 13.4. The predicted molar refractivity (Wildman–Crippen MR) is 109 cm³/mol. The van der Waals surface area contributed by atoms with Crippen molar-refractivity contribution in [2.45, 2.75) is 25.4 Å². The quantitative estimate of drug-likeness (QED) is 0.773. The molecule has 2 N–H and O–H groups in total. The summed E-state index contributed by atoms with van der Waals surface area (Å²) in [6, 6.07) is 8.03. The van der Waals surface area contributed by atoms with Crippen LogP contribution < -0.4 is 9.64 Å². The molecule has 0 radical (unpaired) electrons. The number of β-amino-alcohol motifs (C(OH)–C–C–N with tert-alkyl or cyclic N) is 1. The van der Waals surface area contributed by atoms with Gasteiger partial charge >= 0.3 is 0 Å². The van der Waals surface area contributed by atoms with E-state index in [9.17, 15) is 15.0 Å². The molecule has 0 spiro atoms. The number of hydrogen-bond donors (Lipinski definition) is 2. The fraction of sp³-hybridized carbons (Fsp3) is 0.667. The number of carbonyl (C=O) groups excluding carboxylic acids is 1. The van der Waals surface area contributed by atoms with Crippen LogP contribution in [0.15, 0.2) is 24.3 Å². The normalized spacial score (nSPS) is 23.4. The van der Waals surface area contributed by atoms with Crippen molar-refractivity contribution < 1.29 is 19.7 Å². The van der Waals surface area contributed by atoms with E-state index in [2.05, 4.69) is 21.9 Å². The lowest BCUT2D eigenvalue weighted by Crippen LogP contribution is -2.52. The van der Waals surface area contributed by atoms with Gasteiger partial charge in [-0.2, -0.15) is 0 Å². The zero-order chi connectivity index (χ0) is 20.1. The molecule has 1 aromatic carbocycles. The van der Waals surface area contributed by atoms with E-state index < -0.39 is 5.60 Å². The second-order valence-corrected chi connectivity index (χ2v) is 8.16. The van der Waals surface area contributed by atoms with E-state index >= 15 is 0 Å². The molecule has 0 unspecified atom stereocenters. The van der Waals surface area contributed by atoms with Crippen molar-refractivity contribution >= 4 is 11.6 Å². The molecule has 2 saturated heterocycles. The summed E-state index contributed by atoms with van der Waals surface area (Å²) in [5.74, 6) is 0.928. The van der Waals surface area contributed by atoms with E-state index in [0.717, 1.165) is 31.1 Å². The summed E-state index contributed by atoms with van der Waals surface area (Å²) in [6.45, 7) is 6.53. The van der Waals surface area contributed by atoms with Gasteiger partial charge in [-0.1, -0.05) is 0 Å². The second-order valence-electron chi connectivity index (χ2n) is 8.16. The molecule has 0 aliphatic carbocycles. The molecule has 1 amide bonds. The van der Waals surface area contributed by atoms with Crippen molar-refractivity contribution in [3.8, 4) is 5.75 Å². The van der Waals surface area contributed by atoms with E-state index in [1.165, 1.54) is 0 Å². The van der Waals surface area contributed by atoms with Gasteiger partial charge in [0, 0.05) is 70.9 Å². The molecular weight excluding hydrogens is 358 g/mol. The van der Waals surface area contributed by atoms with E-state index in [-0.39, 0.29) is 18.4 Å². The summed E-state index contributed by atoms with van der Waals surface area (Å²) in [6.07, 6.45) is 1.41. The van der Waals surface area contributed by atoms with Gasteiger partial charge in [-0.3, -0.25) is 9.69 Å². The number of ether oxygens (including phenoxy) is 1. The SMILES string of the molecule is COc1ccc(N2CCC(O)(CN3CCN(C(C)=O)C[C@H](CO)C3)CC2)cc1. The maximum Gasteiger partial charge on any atom is 0.219 e. The summed E-state index contributed by atoms with van der Waals surface area (Å²) in [7, 11) is 1.66. The number of carbonyl (C=O) groups is 1. The van der Waals surface area contributed by atoms with Crippen LogP contribution in [-0.2, 0) is 4.79 Å². The van der Waals surface area contributed by atoms with Crippen LogP contribution in [0.25, 0.3) is 0 Å². The van der Waals surface area contributed by atoms with Crippen LogP contribution in [0.4, 0.5) is 5.69 Å². The fourth-order valence-electron chi connectivity index (χ4n) is 4.27. The van der Waals surface area contributed by atoms with E-state index in [0.29, 0.717) is 39.0 Å². The third-order valence-corrected chi connectivity index (χ3v) is 6.03. The molecule has 7 heteroatoms. The summed E-state index contributed by atoms with van der Waals surface area (Å²) in [5, 5.41) is 20.8. The van der Waals surface area contributed by atoms with Crippen LogP contribution in [0.5, 0.6) is 5.75 Å². The third kappa shape index (κ3) is 5.16. The number of rotatable bonds is 5. The molecule has 2 fully saturated rings. The van der Waals surface area contributed by atoms with Gasteiger partial charge in [-0.25, -0.2) is 0 Å². The Morgan fingerprint density at radius 3 is 2.39 bits per heavy atom. The smallest absolute Gasteiger partial charge is 0.219 e. The van der Waals surface area contributed by atoms with Crippen molar-refractivity contribution in [2.75, 3.05) is 64.4 Å². The first kappa shape index (κ1) is 20.9. The molecule has 28 heavy (non-hydrogen) atoms. The summed E-state index contributed by atoms with van der Waals surface area (Å²) in [5.41, 5.74) is 0.420. The highest BCUT2D eigenvalue weighted by Gasteiger charge is 2.35. The highest BCUT2D eigenvalue weighted by atomic mass is 16.5. The predicted octanol–water partition coefficient (Wildman–Crippen LogP) is 0.799. The molecule has 1 atom stereocenters. The number of nitrogens with zero attached hydrogens (tertiary/aromatic N) is 3. The maximum absolute atomic E-state index is 11.7. The van der Waals surface area contributed by atoms with Gasteiger partial charge in [0.15, 0.2) is 0 Å². The Morgan fingerprint density at radius 2 is 1.82 bits per heavy atom. The summed E-state index contributed by atoms with van der Waals surface area (Å²) < 4.78 is 5.22. The van der Waals surface area contributed by atoms with E-state index in [4.69, 9.17) is 4.74 Å². The lowest BCUT2D eigenvalue weighted by atomic mass is 9.90. The lowest BCUT2D eigenvalue weighted by Gasteiger charge is -2.42. The number of methoxy groups -OCH3 is 1. The zero-order valence-electron chi connectivity index (χ0n) is 17.0. The minimum atomic E-state index is -0.728. The number of anilines is 1. The molecule has 3 rings (SSSR count). The molecule has 2 aliphatic heterocycles. The van der Waals surface area contributed by atoms with Crippen molar-refractivity contribution in [2.24, 2.45) is 5.92 Å².